The van der Waals surface area contributed by atoms with Gasteiger partial charge in [-0.05, 0) is 74.3 Å². The molecule has 9 nitrogen and oxygen atoms in total. The summed E-state index contributed by atoms with van der Waals surface area (Å²) < 4.78 is 23.8. The maximum Gasteiger partial charge on any atom is 0.245 e. The van der Waals surface area contributed by atoms with Gasteiger partial charge >= 0.3 is 0 Å². The number of ether oxygens (including phenoxy) is 1. The van der Waals surface area contributed by atoms with Crippen molar-refractivity contribution >= 4 is 50.8 Å². The Kier molecular flexibility index (Phi) is 5.29. The lowest BCUT2D eigenvalue weighted by molar-refractivity contribution is 0.314. The zero-order valence-electron chi connectivity index (χ0n) is 14.9. The Morgan fingerprint density at radius 1 is 1.07 bits per heavy atom. The molecule has 2 heterocycles. The molecule has 0 aliphatic rings. The summed E-state index contributed by atoms with van der Waals surface area (Å²) in [6, 6.07) is 11.3. The molecule has 0 fully saturated rings. The molecule has 11 heteroatoms. The zero-order valence-corrected chi connectivity index (χ0v) is 16.5. The van der Waals surface area contributed by atoms with Crippen molar-refractivity contribution in [1.82, 2.24) is 20.3 Å². The lowest BCUT2D eigenvalue weighted by Gasteiger charge is -2.09. The second kappa shape index (κ2) is 8.19. The van der Waals surface area contributed by atoms with Crippen molar-refractivity contribution in [3.05, 3.63) is 58.3 Å². The van der Waals surface area contributed by atoms with E-state index in [1.165, 1.54) is 12.1 Å². The van der Waals surface area contributed by atoms with Crippen LogP contribution in [0.25, 0.3) is 11.3 Å². The predicted octanol–water partition coefficient (Wildman–Crippen LogP) is 4.11. The smallest absolute Gasteiger partial charge is 0.245 e. The van der Waals surface area contributed by atoms with Gasteiger partial charge in [0, 0.05) is 5.69 Å². The van der Waals surface area contributed by atoms with E-state index in [1.807, 2.05) is 18.2 Å². The molecule has 0 aliphatic heterocycles. The third-order valence-corrected chi connectivity index (χ3v) is 4.40. The zero-order chi connectivity index (χ0) is 20.2. The molecule has 0 unspecified atom stereocenters. The fraction of sp³-hybridized carbons (Fsp3) is 0.0556. The highest BCUT2D eigenvalue weighted by atomic mass is 79.9. The third kappa shape index (κ3) is 4.29. The van der Waals surface area contributed by atoms with E-state index in [2.05, 4.69) is 56.7 Å². The second-order valence-electron chi connectivity index (χ2n) is 5.73. The van der Waals surface area contributed by atoms with Crippen molar-refractivity contribution < 1.29 is 13.8 Å². The molecular formula is C18H13BrFN7O2. The molecule has 146 valence electrons. The first-order chi connectivity index (χ1) is 14.1. The van der Waals surface area contributed by atoms with Gasteiger partial charge in [-0.2, -0.15) is 10.1 Å². The number of hydrogen-bond acceptors (Lipinski definition) is 9. The summed E-state index contributed by atoms with van der Waals surface area (Å²) in [4.78, 5) is 8.62. The Balaban J connectivity index is 1.59. The van der Waals surface area contributed by atoms with Crippen LogP contribution in [0.2, 0.25) is 0 Å². The highest BCUT2D eigenvalue weighted by Gasteiger charge is 2.13. The normalized spacial score (nSPS) is 11.1. The van der Waals surface area contributed by atoms with Gasteiger partial charge in [-0.1, -0.05) is 0 Å². The van der Waals surface area contributed by atoms with Crippen LogP contribution in [0.4, 0.5) is 21.7 Å². The monoisotopic (exact) mass is 457 g/mol. The number of halogens is 2. The number of hydrogen-bond donors (Lipinski definition) is 2. The number of nitrogens with zero attached hydrogens (tertiary/aromatic N) is 5. The number of hydrazone groups is 1. The third-order valence-electron chi connectivity index (χ3n) is 3.78. The Labute approximate surface area is 172 Å². The van der Waals surface area contributed by atoms with Crippen molar-refractivity contribution in [3.8, 4) is 5.75 Å². The first kappa shape index (κ1) is 18.7. The van der Waals surface area contributed by atoms with Crippen LogP contribution in [-0.2, 0) is 0 Å². The summed E-state index contributed by atoms with van der Waals surface area (Å²) in [5.41, 5.74) is 4.72. The number of fused-ring (bicyclic) bond motifs is 1. The lowest BCUT2D eigenvalue weighted by Crippen LogP contribution is -2.03. The van der Waals surface area contributed by atoms with Crippen molar-refractivity contribution in [2.45, 2.75) is 0 Å². The van der Waals surface area contributed by atoms with E-state index in [1.54, 1.807) is 25.5 Å². The molecule has 0 atom stereocenters. The Morgan fingerprint density at radius 2 is 1.79 bits per heavy atom. The van der Waals surface area contributed by atoms with Crippen molar-refractivity contribution in [2.75, 3.05) is 17.9 Å². The first-order valence-electron chi connectivity index (χ1n) is 8.28. The summed E-state index contributed by atoms with van der Waals surface area (Å²) in [5.74, 6) is 0.997. The second-order valence-corrected chi connectivity index (χ2v) is 6.58. The molecule has 2 aromatic carbocycles. The lowest BCUT2D eigenvalue weighted by atomic mass is 10.2. The number of nitrogens with one attached hydrogen (secondary N) is 2. The van der Waals surface area contributed by atoms with Crippen LogP contribution in [0.3, 0.4) is 0 Å². The van der Waals surface area contributed by atoms with Gasteiger partial charge in [-0.3, -0.25) is 5.43 Å². The summed E-state index contributed by atoms with van der Waals surface area (Å²) >= 11 is 3.43. The quantitative estimate of drug-likeness (QED) is 0.328. The van der Waals surface area contributed by atoms with E-state index in [0.717, 1.165) is 15.8 Å². The molecule has 0 saturated carbocycles. The molecule has 0 spiro atoms. The van der Waals surface area contributed by atoms with E-state index in [9.17, 15) is 4.39 Å². The number of aromatic nitrogens is 4. The number of methoxy groups -OCH3 is 1. The summed E-state index contributed by atoms with van der Waals surface area (Å²) in [6.07, 6.45) is 1.61. The van der Waals surface area contributed by atoms with E-state index in [0.29, 0.717) is 17.3 Å². The van der Waals surface area contributed by atoms with Crippen LogP contribution in [0.5, 0.6) is 5.75 Å². The van der Waals surface area contributed by atoms with E-state index >= 15 is 0 Å². The van der Waals surface area contributed by atoms with Crippen LogP contribution >= 0.6 is 15.9 Å². The standard InChI is InChI=1S/C18H13BrFN7O2/c1-28-14-7-2-10(8-13(14)19)9-21-25-16-15(22-12-5-3-11(20)4-6-12)23-17-18(24-16)27-29-26-17/h2-9H,1H3,(H,22,23,26)(H,24,25,27)/b21-9+. The van der Waals surface area contributed by atoms with Gasteiger partial charge in [0.2, 0.25) is 11.3 Å². The fourth-order valence-electron chi connectivity index (χ4n) is 2.40. The number of benzene rings is 2. The van der Waals surface area contributed by atoms with Gasteiger partial charge in [0.25, 0.3) is 0 Å². The van der Waals surface area contributed by atoms with E-state index < -0.39 is 0 Å². The van der Waals surface area contributed by atoms with E-state index in [-0.39, 0.29) is 17.1 Å². The molecular weight excluding hydrogens is 445 g/mol. The molecule has 2 aromatic heterocycles. The predicted molar refractivity (Wildman–Crippen MR) is 109 cm³/mol. The van der Waals surface area contributed by atoms with Crippen molar-refractivity contribution in [1.29, 1.82) is 0 Å². The van der Waals surface area contributed by atoms with Gasteiger partial charge < -0.3 is 10.1 Å². The van der Waals surface area contributed by atoms with Crippen molar-refractivity contribution in [2.24, 2.45) is 5.10 Å². The van der Waals surface area contributed by atoms with Crippen LogP contribution in [0.1, 0.15) is 5.56 Å². The summed E-state index contributed by atoms with van der Waals surface area (Å²) in [7, 11) is 1.60. The molecule has 0 amide bonds. The number of rotatable bonds is 6. The van der Waals surface area contributed by atoms with Gasteiger partial charge in [0.1, 0.15) is 11.6 Å². The van der Waals surface area contributed by atoms with Crippen LogP contribution in [-0.4, -0.2) is 33.6 Å². The van der Waals surface area contributed by atoms with Gasteiger partial charge in [-0.15, -0.1) is 0 Å². The molecule has 0 radical (unpaired) electrons. The fourth-order valence-corrected chi connectivity index (χ4v) is 2.96. The SMILES string of the molecule is COc1ccc(/C=N/Nc2nc3nonc3nc2Nc2ccc(F)cc2)cc1Br. The molecule has 29 heavy (non-hydrogen) atoms. The largest absolute Gasteiger partial charge is 0.496 e. The van der Waals surface area contributed by atoms with E-state index in [4.69, 9.17) is 4.74 Å². The Hall–Kier alpha value is -3.60. The molecule has 0 aliphatic carbocycles. The highest BCUT2D eigenvalue weighted by molar-refractivity contribution is 9.10. The summed E-state index contributed by atoms with van der Waals surface area (Å²) in [6.45, 7) is 0. The topological polar surface area (TPSA) is 110 Å². The minimum atomic E-state index is -0.341. The minimum Gasteiger partial charge on any atom is -0.496 e. The van der Waals surface area contributed by atoms with Crippen LogP contribution in [0.15, 0.2) is 56.7 Å². The first-order valence-corrected chi connectivity index (χ1v) is 9.07. The Morgan fingerprint density at radius 3 is 2.48 bits per heavy atom. The van der Waals surface area contributed by atoms with Crippen LogP contribution < -0.4 is 15.5 Å². The average molecular weight is 458 g/mol. The van der Waals surface area contributed by atoms with Gasteiger partial charge in [0.05, 0.1) is 17.8 Å². The molecule has 0 bridgehead atoms. The van der Waals surface area contributed by atoms with Gasteiger partial charge in [0.15, 0.2) is 11.6 Å². The molecule has 0 saturated heterocycles. The summed E-state index contributed by atoms with van der Waals surface area (Å²) in [5, 5.41) is 14.6. The van der Waals surface area contributed by atoms with Crippen LogP contribution in [0, 0.1) is 5.82 Å². The average Bonchev–Trinajstić information content (AvgIpc) is 3.17. The van der Waals surface area contributed by atoms with Gasteiger partial charge in [-0.25, -0.2) is 14.0 Å². The highest BCUT2D eigenvalue weighted by Crippen LogP contribution is 2.26. The maximum atomic E-state index is 13.1. The minimum absolute atomic E-state index is 0.222. The molecule has 4 rings (SSSR count). The maximum absolute atomic E-state index is 13.1. The molecule has 4 aromatic rings. The Bertz CT molecular complexity index is 1180. The van der Waals surface area contributed by atoms with Crippen molar-refractivity contribution in [3.63, 3.8) is 0 Å². The number of anilines is 3. The molecule has 2 N–H and O–H groups in total.